The largest absolute Gasteiger partial charge is 0.368 e. The van der Waals surface area contributed by atoms with Crippen molar-refractivity contribution in [1.29, 1.82) is 0 Å². The van der Waals surface area contributed by atoms with Crippen molar-refractivity contribution in [2.45, 2.75) is 13.8 Å². The zero-order valence-electron chi connectivity index (χ0n) is 13.9. The molecule has 0 saturated carbocycles. The van der Waals surface area contributed by atoms with Gasteiger partial charge in [-0.15, -0.1) is 0 Å². The highest BCUT2D eigenvalue weighted by Crippen LogP contribution is 2.28. The van der Waals surface area contributed by atoms with Gasteiger partial charge in [0, 0.05) is 37.4 Å². The van der Waals surface area contributed by atoms with E-state index < -0.39 is 0 Å². The Morgan fingerprint density at radius 2 is 1.50 bits per heavy atom. The summed E-state index contributed by atoms with van der Waals surface area (Å²) < 4.78 is 0. The van der Waals surface area contributed by atoms with Crippen molar-refractivity contribution in [1.82, 2.24) is 4.90 Å². The predicted molar refractivity (Wildman–Crippen MR) is 100 cm³/mol. The molecule has 1 aliphatic rings. The third kappa shape index (κ3) is 3.68. The van der Waals surface area contributed by atoms with Gasteiger partial charge in [-0.3, -0.25) is 4.79 Å². The first-order valence-corrected chi connectivity index (χ1v) is 8.77. The molecule has 2 aromatic rings. The Morgan fingerprint density at radius 1 is 0.875 bits per heavy atom. The van der Waals surface area contributed by atoms with Crippen LogP contribution in [0.15, 0.2) is 36.4 Å². The van der Waals surface area contributed by atoms with Crippen LogP contribution in [0.5, 0.6) is 0 Å². The summed E-state index contributed by atoms with van der Waals surface area (Å²) in [7, 11) is 0. The minimum Gasteiger partial charge on any atom is -0.368 e. The van der Waals surface area contributed by atoms with E-state index in [1.165, 1.54) is 0 Å². The maximum absolute atomic E-state index is 12.7. The zero-order valence-corrected chi connectivity index (χ0v) is 15.4. The second kappa shape index (κ2) is 7.04. The molecule has 1 fully saturated rings. The Morgan fingerprint density at radius 3 is 2.08 bits per heavy atom. The molecule has 0 N–H and O–H groups in total. The molecule has 0 aromatic heterocycles. The van der Waals surface area contributed by atoms with Gasteiger partial charge in [0.25, 0.3) is 5.91 Å². The number of halogens is 2. The van der Waals surface area contributed by atoms with E-state index in [1.807, 2.05) is 49.1 Å². The van der Waals surface area contributed by atoms with Crippen molar-refractivity contribution in [3.63, 3.8) is 0 Å². The lowest BCUT2D eigenvalue weighted by Crippen LogP contribution is -2.48. The minimum atomic E-state index is 0.107. The number of hydrogen-bond acceptors (Lipinski definition) is 2. The van der Waals surface area contributed by atoms with Crippen molar-refractivity contribution < 1.29 is 4.79 Å². The lowest BCUT2D eigenvalue weighted by molar-refractivity contribution is 0.0746. The van der Waals surface area contributed by atoms with Gasteiger partial charge in [-0.25, -0.2) is 0 Å². The molecule has 1 aliphatic heterocycles. The molecule has 0 atom stereocenters. The molecule has 24 heavy (non-hydrogen) atoms. The number of hydrogen-bond donors (Lipinski definition) is 0. The van der Waals surface area contributed by atoms with Gasteiger partial charge in [0.1, 0.15) is 0 Å². The van der Waals surface area contributed by atoms with Crippen LogP contribution in [-0.2, 0) is 0 Å². The van der Waals surface area contributed by atoms with E-state index in [4.69, 9.17) is 23.2 Å². The fraction of sp³-hybridized carbons (Fsp3) is 0.316. The van der Waals surface area contributed by atoms with Crippen molar-refractivity contribution in [2.75, 3.05) is 31.1 Å². The number of amides is 1. The number of aryl methyl sites for hydroxylation is 2. The summed E-state index contributed by atoms with van der Waals surface area (Å²) in [6, 6.07) is 11.7. The fourth-order valence-corrected chi connectivity index (χ4v) is 3.42. The van der Waals surface area contributed by atoms with E-state index >= 15 is 0 Å². The van der Waals surface area contributed by atoms with Gasteiger partial charge in [0.05, 0.1) is 10.0 Å². The quantitative estimate of drug-likeness (QED) is 0.780. The lowest BCUT2D eigenvalue weighted by atomic mass is 10.1. The molecule has 5 heteroatoms. The first-order chi connectivity index (χ1) is 11.4. The maximum Gasteiger partial charge on any atom is 0.253 e. The Balaban J connectivity index is 1.68. The zero-order chi connectivity index (χ0) is 17.3. The van der Waals surface area contributed by atoms with Gasteiger partial charge in [0.2, 0.25) is 0 Å². The molecule has 1 saturated heterocycles. The van der Waals surface area contributed by atoms with E-state index in [1.54, 1.807) is 0 Å². The lowest BCUT2D eigenvalue weighted by Gasteiger charge is -2.36. The first-order valence-electron chi connectivity index (χ1n) is 8.01. The van der Waals surface area contributed by atoms with Gasteiger partial charge in [-0.1, -0.05) is 40.4 Å². The molecular weight excluding hydrogens is 343 g/mol. The topological polar surface area (TPSA) is 23.6 Å². The molecule has 3 nitrogen and oxygen atoms in total. The van der Waals surface area contributed by atoms with E-state index in [0.717, 1.165) is 35.5 Å². The van der Waals surface area contributed by atoms with Gasteiger partial charge in [-0.05, 0) is 44.2 Å². The van der Waals surface area contributed by atoms with Gasteiger partial charge in [0.15, 0.2) is 0 Å². The van der Waals surface area contributed by atoms with Gasteiger partial charge < -0.3 is 9.80 Å². The Hall–Kier alpha value is -1.71. The molecule has 0 aliphatic carbocycles. The Labute approximate surface area is 152 Å². The fourth-order valence-electron chi connectivity index (χ4n) is 3.13. The van der Waals surface area contributed by atoms with E-state index in [0.29, 0.717) is 23.1 Å². The monoisotopic (exact) mass is 362 g/mol. The number of anilines is 1. The number of carbonyl (C=O) groups excluding carboxylic acids is 1. The van der Waals surface area contributed by atoms with E-state index in [2.05, 4.69) is 11.0 Å². The van der Waals surface area contributed by atoms with Crippen LogP contribution < -0.4 is 4.90 Å². The van der Waals surface area contributed by atoms with Gasteiger partial charge in [-0.2, -0.15) is 0 Å². The maximum atomic E-state index is 12.7. The van der Waals surface area contributed by atoms with E-state index in [9.17, 15) is 4.79 Å². The summed E-state index contributed by atoms with van der Waals surface area (Å²) in [6.45, 7) is 7.01. The SMILES string of the molecule is Cc1cc(C)cc(C(=O)N2CCN(c3ccc(Cl)c(Cl)c3)CC2)c1. The normalized spacial score (nSPS) is 14.8. The highest BCUT2D eigenvalue weighted by molar-refractivity contribution is 6.42. The van der Waals surface area contributed by atoms with Crippen LogP contribution in [0, 0.1) is 13.8 Å². The summed E-state index contributed by atoms with van der Waals surface area (Å²) in [5.41, 5.74) is 4.05. The number of rotatable bonds is 2. The third-order valence-electron chi connectivity index (χ3n) is 4.30. The number of carbonyl (C=O) groups is 1. The molecule has 1 heterocycles. The molecule has 1 amide bonds. The number of nitrogens with zero attached hydrogens (tertiary/aromatic N) is 2. The summed E-state index contributed by atoms with van der Waals surface area (Å²) >= 11 is 12.1. The molecule has 0 spiro atoms. The van der Waals surface area contributed by atoms with E-state index in [-0.39, 0.29) is 5.91 Å². The molecule has 0 radical (unpaired) electrons. The third-order valence-corrected chi connectivity index (χ3v) is 5.04. The van der Waals surface area contributed by atoms with Crippen LogP contribution in [-0.4, -0.2) is 37.0 Å². The standard InChI is InChI=1S/C19H20Cl2N2O/c1-13-9-14(2)11-15(10-13)19(24)23-7-5-22(6-8-23)16-3-4-17(20)18(21)12-16/h3-4,9-12H,5-8H2,1-2H3. The summed E-state index contributed by atoms with van der Waals surface area (Å²) in [4.78, 5) is 16.9. The van der Waals surface area contributed by atoms with Crippen molar-refractivity contribution in [3.8, 4) is 0 Å². The van der Waals surface area contributed by atoms with Crippen LogP contribution in [0.4, 0.5) is 5.69 Å². The molecule has 0 unspecified atom stereocenters. The highest BCUT2D eigenvalue weighted by atomic mass is 35.5. The van der Waals surface area contributed by atoms with Crippen molar-refractivity contribution in [3.05, 3.63) is 63.1 Å². The molecular formula is C19H20Cl2N2O. The highest BCUT2D eigenvalue weighted by Gasteiger charge is 2.22. The van der Waals surface area contributed by atoms with Crippen molar-refractivity contribution in [2.24, 2.45) is 0 Å². The molecule has 126 valence electrons. The summed E-state index contributed by atoms with van der Waals surface area (Å²) in [6.07, 6.45) is 0. The second-order valence-corrected chi connectivity index (χ2v) is 7.07. The van der Waals surface area contributed by atoms with Gasteiger partial charge >= 0.3 is 0 Å². The smallest absolute Gasteiger partial charge is 0.253 e. The molecule has 2 aromatic carbocycles. The van der Waals surface area contributed by atoms with Crippen LogP contribution in [0.1, 0.15) is 21.5 Å². The van der Waals surface area contributed by atoms with Crippen LogP contribution >= 0.6 is 23.2 Å². The Bertz CT molecular complexity index is 748. The second-order valence-electron chi connectivity index (χ2n) is 6.25. The molecule has 3 rings (SSSR count). The average Bonchev–Trinajstić information content (AvgIpc) is 2.56. The first kappa shape index (κ1) is 17.1. The minimum absolute atomic E-state index is 0.107. The van der Waals surface area contributed by atoms with Crippen molar-refractivity contribution >= 4 is 34.8 Å². The number of benzene rings is 2. The van der Waals surface area contributed by atoms with Crippen LogP contribution in [0.3, 0.4) is 0 Å². The Kier molecular flexibility index (Phi) is 5.02. The van der Waals surface area contributed by atoms with Crippen LogP contribution in [0.25, 0.3) is 0 Å². The summed E-state index contributed by atoms with van der Waals surface area (Å²) in [5, 5.41) is 1.12. The predicted octanol–water partition coefficient (Wildman–Crippen LogP) is 4.57. The van der Waals surface area contributed by atoms with Crippen LogP contribution in [0.2, 0.25) is 10.0 Å². The molecule has 0 bridgehead atoms. The average molecular weight is 363 g/mol. The number of piperazine rings is 1. The summed E-state index contributed by atoms with van der Waals surface area (Å²) in [5.74, 6) is 0.107.